The van der Waals surface area contributed by atoms with Crippen molar-refractivity contribution in [3.63, 3.8) is 0 Å². The lowest BCUT2D eigenvalue weighted by Gasteiger charge is -2.28. The summed E-state index contributed by atoms with van der Waals surface area (Å²) in [6.07, 6.45) is 0.879. The second-order valence-electron chi connectivity index (χ2n) is 8.00. The second-order valence-corrected chi connectivity index (χ2v) is 10.9. The highest BCUT2D eigenvalue weighted by atomic mass is 32.2. The van der Waals surface area contributed by atoms with Crippen LogP contribution in [-0.4, -0.2) is 58.5 Å². The Morgan fingerprint density at radius 1 is 1.09 bits per heavy atom. The fraction of sp³-hybridized carbons (Fsp3) is 0.417. The summed E-state index contributed by atoms with van der Waals surface area (Å²) in [6, 6.07) is 13.4. The van der Waals surface area contributed by atoms with Gasteiger partial charge in [-0.25, -0.2) is 13.4 Å². The van der Waals surface area contributed by atoms with Gasteiger partial charge in [0.15, 0.2) is 5.16 Å². The molecule has 0 saturated carbocycles. The predicted molar refractivity (Wildman–Crippen MR) is 132 cm³/mol. The summed E-state index contributed by atoms with van der Waals surface area (Å²) in [5, 5.41) is 0.732. The van der Waals surface area contributed by atoms with Gasteiger partial charge >= 0.3 is 0 Å². The maximum atomic E-state index is 12.9. The maximum absolute atomic E-state index is 12.9. The van der Waals surface area contributed by atoms with E-state index in [4.69, 9.17) is 4.98 Å². The van der Waals surface area contributed by atoms with Gasteiger partial charge in [0.1, 0.15) is 0 Å². The molecule has 0 fully saturated rings. The van der Waals surface area contributed by atoms with E-state index in [1.165, 1.54) is 27.2 Å². The number of carbonyl (C=O) groups excluding carboxylic acids is 1. The molecule has 0 radical (unpaired) electrons. The van der Waals surface area contributed by atoms with Crippen molar-refractivity contribution in [2.75, 3.05) is 25.4 Å². The van der Waals surface area contributed by atoms with Crippen molar-refractivity contribution in [3.05, 3.63) is 53.6 Å². The van der Waals surface area contributed by atoms with Gasteiger partial charge in [0.2, 0.25) is 15.9 Å². The van der Waals surface area contributed by atoms with Crippen LogP contribution in [0.15, 0.2) is 52.5 Å². The summed E-state index contributed by atoms with van der Waals surface area (Å²) in [5.41, 5.74) is 4.03. The van der Waals surface area contributed by atoms with E-state index in [-0.39, 0.29) is 10.8 Å². The third-order valence-corrected chi connectivity index (χ3v) is 9.16. The highest BCUT2D eigenvalue weighted by molar-refractivity contribution is 7.99. The Balaban J connectivity index is 1.53. The molecule has 1 aliphatic heterocycles. The van der Waals surface area contributed by atoms with Crippen molar-refractivity contribution in [2.45, 2.75) is 50.3 Å². The molecule has 2 heterocycles. The molecule has 0 N–H and O–H groups in total. The smallest absolute Gasteiger partial charge is 0.243 e. The third kappa shape index (κ3) is 4.67. The predicted octanol–water partition coefficient (Wildman–Crippen LogP) is 3.76. The molecule has 0 saturated heterocycles. The molecule has 1 amide bonds. The summed E-state index contributed by atoms with van der Waals surface area (Å²) in [7, 11) is -3.55. The summed E-state index contributed by atoms with van der Waals surface area (Å²) >= 11 is 1.41. The highest BCUT2D eigenvalue weighted by Gasteiger charge is 2.24. The molecule has 0 spiro atoms. The fourth-order valence-corrected chi connectivity index (χ4v) is 6.76. The Kier molecular flexibility index (Phi) is 7.11. The van der Waals surface area contributed by atoms with E-state index >= 15 is 0 Å². The zero-order valence-electron chi connectivity index (χ0n) is 19.3. The summed E-state index contributed by atoms with van der Waals surface area (Å²) in [4.78, 5) is 19.8. The lowest BCUT2D eigenvalue weighted by atomic mass is 10.00. The Bertz CT molecular complexity index is 1270. The minimum atomic E-state index is -3.55. The first kappa shape index (κ1) is 23.8. The van der Waals surface area contributed by atoms with Crippen molar-refractivity contribution in [3.8, 4) is 0 Å². The SMILES string of the molecule is CCN(CC)S(=O)(=O)c1ccc2c(c1)nc(SCC(=O)N1CCc3ccccc3C1)n2CC. The van der Waals surface area contributed by atoms with Crippen molar-refractivity contribution >= 4 is 38.7 Å². The number of imidazole rings is 1. The van der Waals surface area contributed by atoms with Crippen molar-refractivity contribution < 1.29 is 13.2 Å². The van der Waals surface area contributed by atoms with E-state index in [1.54, 1.807) is 12.1 Å². The number of rotatable bonds is 8. The van der Waals surface area contributed by atoms with Gasteiger partial charge in [-0.3, -0.25) is 4.79 Å². The molecule has 2 aromatic carbocycles. The minimum Gasteiger partial charge on any atom is -0.337 e. The zero-order valence-corrected chi connectivity index (χ0v) is 21.0. The molecule has 4 rings (SSSR count). The van der Waals surface area contributed by atoms with Crippen LogP contribution in [0, 0.1) is 0 Å². The summed E-state index contributed by atoms with van der Waals surface area (Å²) in [6.45, 7) is 8.59. The molecule has 7 nitrogen and oxygen atoms in total. The number of sulfonamides is 1. The number of fused-ring (bicyclic) bond motifs is 2. The van der Waals surface area contributed by atoms with Gasteiger partial charge in [-0.2, -0.15) is 4.31 Å². The highest BCUT2D eigenvalue weighted by Crippen LogP contribution is 2.28. The van der Waals surface area contributed by atoms with Crippen LogP contribution < -0.4 is 0 Å². The second kappa shape index (κ2) is 9.87. The summed E-state index contributed by atoms with van der Waals surface area (Å²) < 4.78 is 29.3. The van der Waals surface area contributed by atoms with E-state index in [0.717, 1.165) is 23.6 Å². The first-order chi connectivity index (χ1) is 15.9. The lowest BCUT2D eigenvalue weighted by Crippen LogP contribution is -2.37. The Labute approximate surface area is 199 Å². The van der Waals surface area contributed by atoms with E-state index < -0.39 is 10.0 Å². The number of aryl methyl sites for hydroxylation is 1. The van der Waals surface area contributed by atoms with Crippen molar-refractivity contribution in [1.82, 2.24) is 18.8 Å². The zero-order chi connectivity index (χ0) is 23.6. The van der Waals surface area contributed by atoms with Gasteiger partial charge in [0.05, 0.1) is 21.7 Å². The maximum Gasteiger partial charge on any atom is 0.243 e. The molecule has 1 aromatic heterocycles. The number of thioether (sulfide) groups is 1. The van der Waals surface area contributed by atoms with E-state index in [0.29, 0.717) is 37.4 Å². The number of hydrogen-bond acceptors (Lipinski definition) is 5. The molecular weight excluding hydrogens is 456 g/mol. The fourth-order valence-electron chi connectivity index (χ4n) is 4.30. The van der Waals surface area contributed by atoms with E-state index in [1.807, 2.05) is 48.4 Å². The lowest BCUT2D eigenvalue weighted by molar-refractivity contribution is -0.129. The number of nitrogens with zero attached hydrogens (tertiary/aromatic N) is 4. The van der Waals surface area contributed by atoms with Crippen LogP contribution in [0.3, 0.4) is 0 Å². The van der Waals surface area contributed by atoms with Gasteiger partial charge in [-0.15, -0.1) is 0 Å². The van der Waals surface area contributed by atoms with Crippen molar-refractivity contribution in [1.29, 1.82) is 0 Å². The number of carbonyl (C=O) groups is 1. The van der Waals surface area contributed by atoms with Gasteiger partial charge in [0, 0.05) is 32.7 Å². The Morgan fingerprint density at radius 2 is 1.82 bits per heavy atom. The number of hydrogen-bond donors (Lipinski definition) is 0. The largest absolute Gasteiger partial charge is 0.337 e. The normalized spacial score (nSPS) is 14.1. The minimum absolute atomic E-state index is 0.0917. The standard InChI is InChI=1S/C24H30N4O3S2/c1-4-27(5-2)33(30,31)20-11-12-22-21(15-20)25-24(28(22)6-3)32-17-23(29)26-14-13-18-9-7-8-10-19(18)16-26/h7-12,15H,4-6,13-14,16-17H2,1-3H3. The van der Waals surface area contributed by atoms with Crippen LogP contribution in [0.1, 0.15) is 31.9 Å². The molecule has 0 bridgehead atoms. The van der Waals surface area contributed by atoms with Gasteiger partial charge in [0.25, 0.3) is 0 Å². The number of benzene rings is 2. The van der Waals surface area contributed by atoms with Crippen LogP contribution in [0.2, 0.25) is 0 Å². The molecular formula is C24H30N4O3S2. The average molecular weight is 487 g/mol. The average Bonchev–Trinajstić information content (AvgIpc) is 3.19. The molecule has 1 aliphatic rings. The Hall–Kier alpha value is -2.36. The van der Waals surface area contributed by atoms with Crippen LogP contribution in [0.4, 0.5) is 0 Å². The Morgan fingerprint density at radius 3 is 2.52 bits per heavy atom. The van der Waals surface area contributed by atoms with E-state index in [9.17, 15) is 13.2 Å². The van der Waals surface area contributed by atoms with Crippen molar-refractivity contribution in [2.24, 2.45) is 0 Å². The topological polar surface area (TPSA) is 75.5 Å². The molecule has 0 atom stereocenters. The molecule has 9 heteroatoms. The first-order valence-electron chi connectivity index (χ1n) is 11.4. The first-order valence-corrected chi connectivity index (χ1v) is 13.8. The quantitative estimate of drug-likeness (QED) is 0.453. The molecule has 33 heavy (non-hydrogen) atoms. The van der Waals surface area contributed by atoms with Gasteiger partial charge in [-0.05, 0) is 42.7 Å². The molecule has 176 valence electrons. The molecule has 0 unspecified atom stereocenters. The van der Waals surface area contributed by atoms with Crippen LogP contribution in [0.25, 0.3) is 11.0 Å². The van der Waals surface area contributed by atoms with Gasteiger partial charge in [-0.1, -0.05) is 49.9 Å². The van der Waals surface area contributed by atoms with Gasteiger partial charge < -0.3 is 9.47 Å². The number of aromatic nitrogens is 2. The molecule has 0 aliphatic carbocycles. The summed E-state index contributed by atoms with van der Waals surface area (Å²) in [5.74, 6) is 0.393. The van der Waals surface area contributed by atoms with Crippen LogP contribution in [0.5, 0.6) is 0 Å². The monoisotopic (exact) mass is 486 g/mol. The third-order valence-electron chi connectivity index (χ3n) is 6.15. The number of amides is 1. The van der Waals surface area contributed by atoms with Crippen LogP contribution in [-0.2, 0) is 34.3 Å². The van der Waals surface area contributed by atoms with Crippen LogP contribution >= 0.6 is 11.8 Å². The molecule has 3 aromatic rings. The van der Waals surface area contributed by atoms with E-state index in [2.05, 4.69) is 12.1 Å².